The number of phenolic OH excluding ortho intramolecular Hbond substituents is 1. The predicted molar refractivity (Wildman–Crippen MR) is 100 cm³/mol. The second kappa shape index (κ2) is 8.47. The molecule has 2 aromatic rings. The number of anilines is 1. The van der Waals surface area contributed by atoms with Gasteiger partial charge in [-0.2, -0.15) is 0 Å². The maximum atomic E-state index is 12.3. The Hall–Kier alpha value is -2.89. The molecule has 6 heteroatoms. The molecule has 138 valence electrons. The normalized spacial score (nSPS) is 14.2. The Morgan fingerprint density at radius 1 is 1.04 bits per heavy atom. The van der Waals surface area contributed by atoms with E-state index in [0.29, 0.717) is 31.9 Å². The minimum Gasteiger partial charge on any atom is -0.508 e. The molecule has 2 aromatic carbocycles. The van der Waals surface area contributed by atoms with Crippen molar-refractivity contribution in [1.82, 2.24) is 4.90 Å². The zero-order chi connectivity index (χ0) is 18.4. The second-order valence-electron chi connectivity index (χ2n) is 6.16. The number of phenols is 1. The van der Waals surface area contributed by atoms with Gasteiger partial charge in [0.25, 0.3) is 0 Å². The van der Waals surface area contributed by atoms with Gasteiger partial charge in [-0.05, 0) is 36.4 Å². The maximum absolute atomic E-state index is 12.3. The van der Waals surface area contributed by atoms with Crippen LogP contribution in [0, 0.1) is 0 Å². The number of carbonyl (C=O) groups excluding carboxylic acids is 1. The lowest BCUT2D eigenvalue weighted by Crippen LogP contribution is -2.49. The minimum absolute atomic E-state index is 0.0968. The topological polar surface area (TPSA) is 62.2 Å². The molecule has 1 aliphatic rings. The number of carbonyl (C=O) groups is 1. The summed E-state index contributed by atoms with van der Waals surface area (Å²) in [6.07, 6.45) is 0.332. The van der Waals surface area contributed by atoms with Crippen LogP contribution in [0.1, 0.15) is 6.42 Å². The smallest absolute Gasteiger partial charge is 0.226 e. The van der Waals surface area contributed by atoms with Crippen molar-refractivity contribution in [2.24, 2.45) is 0 Å². The number of piperazine rings is 1. The maximum Gasteiger partial charge on any atom is 0.226 e. The lowest BCUT2D eigenvalue weighted by molar-refractivity contribution is -0.132. The summed E-state index contributed by atoms with van der Waals surface area (Å²) < 4.78 is 10.7. The first-order valence-electron chi connectivity index (χ1n) is 8.74. The van der Waals surface area contributed by atoms with E-state index in [1.54, 1.807) is 25.3 Å². The zero-order valence-corrected chi connectivity index (χ0v) is 14.9. The Kier molecular flexibility index (Phi) is 5.84. The highest BCUT2D eigenvalue weighted by atomic mass is 16.5. The standard InChI is InChI=1S/C20H24N2O4/c1-25-18-7-5-16(6-8-18)21-10-12-22(13-11-21)20(24)9-14-26-19-4-2-3-17(23)15-19/h2-8,15,23H,9-14H2,1H3. The summed E-state index contributed by atoms with van der Waals surface area (Å²) in [5.41, 5.74) is 1.14. The SMILES string of the molecule is COc1ccc(N2CCN(C(=O)CCOc3cccc(O)c3)CC2)cc1. The molecule has 0 unspecified atom stereocenters. The highest BCUT2D eigenvalue weighted by Gasteiger charge is 2.21. The number of hydrogen-bond donors (Lipinski definition) is 1. The molecule has 1 saturated heterocycles. The number of rotatable bonds is 6. The van der Waals surface area contributed by atoms with Gasteiger partial charge in [-0.3, -0.25) is 4.79 Å². The molecule has 0 aromatic heterocycles. The van der Waals surface area contributed by atoms with Gasteiger partial charge in [0.05, 0.1) is 20.1 Å². The van der Waals surface area contributed by atoms with Crippen molar-refractivity contribution in [3.05, 3.63) is 48.5 Å². The molecule has 3 rings (SSSR count). The Morgan fingerprint density at radius 2 is 1.77 bits per heavy atom. The van der Waals surface area contributed by atoms with Gasteiger partial charge >= 0.3 is 0 Å². The highest BCUT2D eigenvalue weighted by molar-refractivity contribution is 5.76. The number of benzene rings is 2. The van der Waals surface area contributed by atoms with Crippen LogP contribution < -0.4 is 14.4 Å². The Bertz CT molecular complexity index is 725. The van der Waals surface area contributed by atoms with Crippen LogP contribution in [-0.2, 0) is 4.79 Å². The van der Waals surface area contributed by atoms with E-state index in [2.05, 4.69) is 4.90 Å². The quantitative estimate of drug-likeness (QED) is 0.862. The van der Waals surface area contributed by atoms with E-state index in [0.717, 1.165) is 24.5 Å². The molecule has 0 saturated carbocycles. The average Bonchev–Trinajstić information content (AvgIpc) is 2.68. The first-order chi connectivity index (χ1) is 12.7. The van der Waals surface area contributed by atoms with Crippen molar-refractivity contribution < 1.29 is 19.4 Å². The molecule has 0 atom stereocenters. The molecule has 1 heterocycles. The molecule has 6 nitrogen and oxygen atoms in total. The van der Waals surface area contributed by atoms with Gasteiger partial charge in [0.2, 0.25) is 5.91 Å². The highest BCUT2D eigenvalue weighted by Crippen LogP contribution is 2.21. The largest absolute Gasteiger partial charge is 0.508 e. The summed E-state index contributed by atoms with van der Waals surface area (Å²) in [5.74, 6) is 1.67. The molecule has 0 bridgehead atoms. The third-order valence-corrected chi connectivity index (χ3v) is 4.47. The number of hydrogen-bond acceptors (Lipinski definition) is 5. The Balaban J connectivity index is 1.43. The van der Waals surface area contributed by atoms with Crippen molar-refractivity contribution in [2.45, 2.75) is 6.42 Å². The Labute approximate surface area is 153 Å². The van der Waals surface area contributed by atoms with Crippen LogP contribution in [-0.4, -0.2) is 55.8 Å². The molecular weight excluding hydrogens is 332 g/mol. The molecule has 1 fully saturated rings. The van der Waals surface area contributed by atoms with Crippen molar-refractivity contribution in [3.8, 4) is 17.2 Å². The number of methoxy groups -OCH3 is 1. The monoisotopic (exact) mass is 356 g/mol. The van der Waals surface area contributed by atoms with Crippen molar-refractivity contribution in [3.63, 3.8) is 0 Å². The summed E-state index contributed by atoms with van der Waals surface area (Å²) in [5, 5.41) is 9.41. The molecule has 0 aliphatic carbocycles. The average molecular weight is 356 g/mol. The third kappa shape index (κ3) is 4.59. The van der Waals surface area contributed by atoms with E-state index in [-0.39, 0.29) is 11.7 Å². The molecule has 0 spiro atoms. The van der Waals surface area contributed by atoms with Gasteiger partial charge < -0.3 is 24.4 Å². The Morgan fingerprint density at radius 3 is 2.42 bits per heavy atom. The van der Waals surface area contributed by atoms with Crippen molar-refractivity contribution >= 4 is 11.6 Å². The van der Waals surface area contributed by atoms with Gasteiger partial charge in [0.15, 0.2) is 0 Å². The zero-order valence-electron chi connectivity index (χ0n) is 14.9. The first-order valence-corrected chi connectivity index (χ1v) is 8.74. The molecule has 1 N–H and O–H groups in total. The fourth-order valence-corrected chi connectivity index (χ4v) is 2.99. The van der Waals surface area contributed by atoms with E-state index < -0.39 is 0 Å². The molecular formula is C20H24N2O4. The fourth-order valence-electron chi connectivity index (χ4n) is 2.99. The van der Waals surface area contributed by atoms with Gasteiger partial charge in [0, 0.05) is 37.9 Å². The van der Waals surface area contributed by atoms with E-state index in [1.807, 2.05) is 29.2 Å². The van der Waals surface area contributed by atoms with Crippen LogP contribution in [0.25, 0.3) is 0 Å². The van der Waals surface area contributed by atoms with E-state index in [4.69, 9.17) is 9.47 Å². The van der Waals surface area contributed by atoms with Crippen LogP contribution in [0.4, 0.5) is 5.69 Å². The molecule has 0 radical (unpaired) electrons. The summed E-state index contributed by atoms with van der Waals surface area (Å²) in [6.45, 7) is 3.34. The van der Waals surface area contributed by atoms with Crippen LogP contribution in [0.2, 0.25) is 0 Å². The van der Waals surface area contributed by atoms with Crippen molar-refractivity contribution in [1.29, 1.82) is 0 Å². The van der Waals surface area contributed by atoms with Crippen molar-refractivity contribution in [2.75, 3.05) is 44.8 Å². The van der Waals surface area contributed by atoms with Crippen LogP contribution in [0.15, 0.2) is 48.5 Å². The number of ether oxygens (including phenoxy) is 2. The third-order valence-electron chi connectivity index (χ3n) is 4.47. The summed E-state index contributed by atoms with van der Waals surface area (Å²) in [7, 11) is 1.66. The second-order valence-corrected chi connectivity index (χ2v) is 6.16. The van der Waals surface area contributed by atoms with Gasteiger partial charge in [-0.15, -0.1) is 0 Å². The minimum atomic E-state index is 0.0968. The fraction of sp³-hybridized carbons (Fsp3) is 0.350. The van der Waals surface area contributed by atoms with E-state index in [1.165, 1.54) is 6.07 Å². The number of nitrogens with zero attached hydrogens (tertiary/aromatic N) is 2. The number of aromatic hydroxyl groups is 1. The summed E-state index contributed by atoms with van der Waals surface area (Å²) >= 11 is 0. The van der Waals surface area contributed by atoms with E-state index >= 15 is 0 Å². The lowest BCUT2D eigenvalue weighted by atomic mass is 10.2. The molecule has 26 heavy (non-hydrogen) atoms. The van der Waals surface area contributed by atoms with E-state index in [9.17, 15) is 9.90 Å². The predicted octanol–water partition coefficient (Wildman–Crippen LogP) is 2.52. The first kappa shape index (κ1) is 17.9. The van der Waals surface area contributed by atoms with Crippen LogP contribution >= 0.6 is 0 Å². The van der Waals surface area contributed by atoms with Gasteiger partial charge in [0.1, 0.15) is 17.2 Å². The van der Waals surface area contributed by atoms with Crippen LogP contribution in [0.3, 0.4) is 0 Å². The molecule has 1 aliphatic heterocycles. The summed E-state index contributed by atoms with van der Waals surface area (Å²) in [4.78, 5) is 16.5. The summed E-state index contributed by atoms with van der Waals surface area (Å²) in [6, 6.07) is 14.6. The lowest BCUT2D eigenvalue weighted by Gasteiger charge is -2.36. The van der Waals surface area contributed by atoms with Gasteiger partial charge in [-0.25, -0.2) is 0 Å². The van der Waals surface area contributed by atoms with Gasteiger partial charge in [-0.1, -0.05) is 6.07 Å². The number of amides is 1. The van der Waals surface area contributed by atoms with Crippen LogP contribution in [0.5, 0.6) is 17.2 Å². The molecule has 1 amide bonds.